The highest BCUT2D eigenvalue weighted by Crippen LogP contribution is 2.47. The highest BCUT2D eigenvalue weighted by Gasteiger charge is 2.21. The van der Waals surface area contributed by atoms with Crippen LogP contribution in [0.2, 0.25) is 0 Å². The maximum absolute atomic E-state index is 5.91. The second-order valence-corrected chi connectivity index (χ2v) is 7.68. The summed E-state index contributed by atoms with van der Waals surface area (Å²) >= 11 is 5.66. The maximum Gasteiger partial charge on any atom is 0.219 e. The van der Waals surface area contributed by atoms with Gasteiger partial charge < -0.3 is 9.05 Å². The van der Waals surface area contributed by atoms with Gasteiger partial charge in [-0.15, -0.1) is 0 Å². The second kappa shape index (κ2) is 8.82. The lowest BCUT2D eigenvalue weighted by Gasteiger charge is -2.22. The summed E-state index contributed by atoms with van der Waals surface area (Å²) in [5.41, 5.74) is 0. The van der Waals surface area contributed by atoms with Gasteiger partial charge in [-0.05, 0) is 36.8 Å². The normalized spacial score (nSPS) is 11.7. The fourth-order valence-corrected chi connectivity index (χ4v) is 3.92. The number of unbranched alkanes of at least 4 members (excludes halogenated alkanes) is 2. The molecule has 0 amide bonds. The van der Waals surface area contributed by atoms with Crippen LogP contribution in [0.25, 0.3) is 0 Å². The van der Waals surface area contributed by atoms with Gasteiger partial charge >= 0.3 is 0 Å². The van der Waals surface area contributed by atoms with Crippen LogP contribution in [0.5, 0.6) is 0 Å². The molecular formula is C14H23O2PS. The van der Waals surface area contributed by atoms with Crippen molar-refractivity contribution in [2.75, 3.05) is 13.2 Å². The highest BCUT2D eigenvalue weighted by molar-refractivity contribution is 8.13. The molecule has 0 bridgehead atoms. The first kappa shape index (κ1) is 15.8. The van der Waals surface area contributed by atoms with E-state index >= 15 is 0 Å². The largest absolute Gasteiger partial charge is 0.326 e. The smallest absolute Gasteiger partial charge is 0.219 e. The van der Waals surface area contributed by atoms with Crippen LogP contribution in [0.3, 0.4) is 0 Å². The van der Waals surface area contributed by atoms with Crippen molar-refractivity contribution >= 4 is 23.6 Å². The van der Waals surface area contributed by atoms with Gasteiger partial charge in [-0.2, -0.15) is 0 Å². The molecule has 0 unspecified atom stereocenters. The summed E-state index contributed by atoms with van der Waals surface area (Å²) < 4.78 is 11.8. The summed E-state index contributed by atoms with van der Waals surface area (Å²) in [5, 5.41) is 1.02. The summed E-state index contributed by atoms with van der Waals surface area (Å²) in [6, 6.07) is 9.99. The Kier molecular flexibility index (Phi) is 7.76. The molecule has 4 heteroatoms. The highest BCUT2D eigenvalue weighted by atomic mass is 32.5. The monoisotopic (exact) mass is 286 g/mol. The third kappa shape index (κ3) is 5.19. The quantitative estimate of drug-likeness (QED) is 0.499. The molecule has 1 aromatic rings. The molecule has 0 aromatic heterocycles. The van der Waals surface area contributed by atoms with Crippen molar-refractivity contribution in [2.45, 2.75) is 39.5 Å². The molecule has 0 atom stereocenters. The van der Waals surface area contributed by atoms with E-state index in [1.165, 1.54) is 0 Å². The fourth-order valence-electron chi connectivity index (χ4n) is 1.46. The average molecular weight is 286 g/mol. The zero-order valence-corrected chi connectivity index (χ0v) is 13.0. The van der Waals surface area contributed by atoms with Crippen molar-refractivity contribution in [2.24, 2.45) is 0 Å². The molecule has 0 radical (unpaired) electrons. The molecule has 0 heterocycles. The van der Waals surface area contributed by atoms with Crippen LogP contribution in [0.1, 0.15) is 39.5 Å². The van der Waals surface area contributed by atoms with E-state index in [1.807, 2.05) is 30.3 Å². The average Bonchev–Trinajstić information content (AvgIpc) is 2.40. The zero-order chi connectivity index (χ0) is 13.3. The predicted molar refractivity (Wildman–Crippen MR) is 82.1 cm³/mol. The third-order valence-electron chi connectivity index (χ3n) is 2.59. The molecule has 0 N–H and O–H groups in total. The van der Waals surface area contributed by atoms with E-state index in [2.05, 4.69) is 13.8 Å². The van der Waals surface area contributed by atoms with Crippen LogP contribution < -0.4 is 5.30 Å². The first-order valence-electron chi connectivity index (χ1n) is 6.67. The van der Waals surface area contributed by atoms with Gasteiger partial charge in [0, 0.05) is 5.30 Å². The van der Waals surface area contributed by atoms with Crippen molar-refractivity contribution in [3.63, 3.8) is 0 Å². The summed E-state index contributed by atoms with van der Waals surface area (Å²) in [6.07, 6.45) is 4.28. The summed E-state index contributed by atoms with van der Waals surface area (Å²) in [7, 11) is 0. The Hall–Kier alpha value is -0.210. The van der Waals surface area contributed by atoms with Crippen LogP contribution in [0, 0.1) is 0 Å². The molecule has 1 rings (SSSR count). The van der Waals surface area contributed by atoms with Crippen molar-refractivity contribution in [3.05, 3.63) is 30.3 Å². The Morgan fingerprint density at radius 2 is 1.44 bits per heavy atom. The van der Waals surface area contributed by atoms with Gasteiger partial charge in [-0.25, -0.2) is 0 Å². The van der Waals surface area contributed by atoms with Crippen LogP contribution >= 0.6 is 6.49 Å². The summed E-state index contributed by atoms with van der Waals surface area (Å²) in [4.78, 5) is 0. The van der Waals surface area contributed by atoms with Crippen molar-refractivity contribution in [1.82, 2.24) is 0 Å². The van der Waals surface area contributed by atoms with E-state index in [1.54, 1.807) is 0 Å². The Bertz CT molecular complexity index is 353. The lowest BCUT2D eigenvalue weighted by Crippen LogP contribution is -2.11. The molecule has 0 aliphatic carbocycles. The van der Waals surface area contributed by atoms with Crippen molar-refractivity contribution in [3.8, 4) is 0 Å². The van der Waals surface area contributed by atoms with E-state index in [4.69, 9.17) is 20.9 Å². The number of hydrogen-bond acceptors (Lipinski definition) is 3. The fraction of sp³-hybridized carbons (Fsp3) is 0.571. The molecule has 0 aliphatic rings. The maximum atomic E-state index is 5.91. The number of hydrogen-bond donors (Lipinski definition) is 0. The molecule has 0 fully saturated rings. The van der Waals surface area contributed by atoms with E-state index in [0.29, 0.717) is 13.2 Å². The molecule has 2 nitrogen and oxygen atoms in total. The first-order chi connectivity index (χ1) is 8.73. The van der Waals surface area contributed by atoms with E-state index < -0.39 is 6.49 Å². The Morgan fingerprint density at radius 3 is 1.89 bits per heavy atom. The minimum atomic E-state index is -2.30. The van der Waals surface area contributed by atoms with Crippen LogP contribution in [-0.2, 0) is 20.9 Å². The van der Waals surface area contributed by atoms with Gasteiger partial charge in [0.1, 0.15) is 0 Å². The Labute approximate surface area is 116 Å². The van der Waals surface area contributed by atoms with Crippen LogP contribution in [0.4, 0.5) is 0 Å². The van der Waals surface area contributed by atoms with Gasteiger partial charge in [-0.1, -0.05) is 44.9 Å². The minimum Gasteiger partial charge on any atom is -0.326 e. The standard InChI is InChI=1S/C14H23O2PS/c1-3-5-12-15-17(18,16-13-6-4-2)14-10-8-7-9-11-14/h7-11H,3-6,12-13H2,1-2H3. The topological polar surface area (TPSA) is 18.5 Å². The molecule has 0 spiro atoms. The van der Waals surface area contributed by atoms with Gasteiger partial charge in [0.05, 0.1) is 13.2 Å². The molecule has 102 valence electrons. The van der Waals surface area contributed by atoms with Gasteiger partial charge in [0.15, 0.2) is 0 Å². The molecular weight excluding hydrogens is 263 g/mol. The minimum absolute atomic E-state index is 0.689. The number of benzene rings is 1. The number of rotatable bonds is 9. The SMILES string of the molecule is CCCCOP(=S)(OCCCC)c1ccccc1. The van der Waals surface area contributed by atoms with E-state index in [0.717, 1.165) is 31.0 Å². The molecule has 18 heavy (non-hydrogen) atoms. The Balaban J connectivity index is 2.70. The van der Waals surface area contributed by atoms with Gasteiger partial charge in [-0.3, -0.25) is 0 Å². The van der Waals surface area contributed by atoms with E-state index in [-0.39, 0.29) is 0 Å². The van der Waals surface area contributed by atoms with Gasteiger partial charge in [0.2, 0.25) is 6.49 Å². The summed E-state index contributed by atoms with van der Waals surface area (Å²) in [5.74, 6) is 0. The molecule has 0 aliphatic heterocycles. The molecule has 0 saturated carbocycles. The molecule has 1 aromatic carbocycles. The second-order valence-electron chi connectivity index (χ2n) is 4.21. The van der Waals surface area contributed by atoms with Crippen LogP contribution in [-0.4, -0.2) is 13.2 Å². The lowest BCUT2D eigenvalue weighted by atomic mass is 10.4. The van der Waals surface area contributed by atoms with Crippen LogP contribution in [0.15, 0.2) is 30.3 Å². The Morgan fingerprint density at radius 1 is 0.944 bits per heavy atom. The molecule has 0 saturated heterocycles. The van der Waals surface area contributed by atoms with Gasteiger partial charge in [0.25, 0.3) is 0 Å². The third-order valence-corrected chi connectivity index (χ3v) is 5.83. The van der Waals surface area contributed by atoms with Crippen molar-refractivity contribution < 1.29 is 9.05 Å². The summed E-state index contributed by atoms with van der Waals surface area (Å²) in [6.45, 7) is 3.37. The predicted octanol–water partition coefficient (Wildman–Crippen LogP) is 4.25. The van der Waals surface area contributed by atoms with Crippen molar-refractivity contribution in [1.29, 1.82) is 0 Å². The zero-order valence-electron chi connectivity index (χ0n) is 11.3. The first-order valence-corrected chi connectivity index (χ1v) is 9.31. The van der Waals surface area contributed by atoms with E-state index in [9.17, 15) is 0 Å². The lowest BCUT2D eigenvalue weighted by molar-refractivity contribution is 0.248.